The molecule has 2 aliphatic carbocycles. The van der Waals surface area contributed by atoms with Crippen molar-refractivity contribution in [3.8, 4) is 17.0 Å². The highest BCUT2D eigenvalue weighted by Crippen LogP contribution is 2.35. The van der Waals surface area contributed by atoms with Crippen LogP contribution in [0.1, 0.15) is 75.7 Å². The Morgan fingerprint density at radius 3 is 2.77 bits per heavy atom. The van der Waals surface area contributed by atoms with Crippen molar-refractivity contribution in [3.63, 3.8) is 0 Å². The van der Waals surface area contributed by atoms with Crippen LogP contribution in [0.4, 0.5) is 5.82 Å². The van der Waals surface area contributed by atoms with E-state index in [-0.39, 0.29) is 11.8 Å². The van der Waals surface area contributed by atoms with E-state index in [4.69, 9.17) is 9.97 Å². The Balaban J connectivity index is 1.66. The minimum absolute atomic E-state index is 0.0202. The first-order chi connectivity index (χ1) is 14.5. The second kappa shape index (κ2) is 9.15. The predicted molar refractivity (Wildman–Crippen MR) is 120 cm³/mol. The molecule has 1 saturated carbocycles. The maximum atomic E-state index is 12.6. The Labute approximate surface area is 179 Å². The molecule has 0 aliphatic heterocycles. The zero-order valence-corrected chi connectivity index (χ0v) is 18.2. The number of phenolic OH excluding ortho intramolecular Hbond substituents is 1. The summed E-state index contributed by atoms with van der Waals surface area (Å²) >= 11 is 0. The lowest BCUT2D eigenvalue weighted by atomic mass is 9.85. The standard InChI is InChI=1S/C25H33N3O2/c1-3-16(2)25(30)28-24-22(13-9-17-7-5-4-6-8-17)26-23-20-12-11-19(29)15-18(20)10-14-21(23)27-24/h11-12,15-17,29H,3-10,13-14H2,1-2H3,(H,27,28,30). The number of aromatic hydroxyl groups is 1. The number of amides is 1. The summed E-state index contributed by atoms with van der Waals surface area (Å²) < 4.78 is 0. The number of hydrogen-bond donors (Lipinski definition) is 2. The number of benzene rings is 1. The van der Waals surface area contributed by atoms with E-state index in [1.54, 1.807) is 6.07 Å². The summed E-state index contributed by atoms with van der Waals surface area (Å²) in [5.41, 5.74) is 4.93. The molecule has 2 N–H and O–H groups in total. The first-order valence-electron chi connectivity index (χ1n) is 11.6. The lowest BCUT2D eigenvalue weighted by Gasteiger charge is -2.24. The molecule has 4 rings (SSSR count). The number of rotatable bonds is 6. The second-order valence-corrected chi connectivity index (χ2v) is 9.00. The summed E-state index contributed by atoms with van der Waals surface area (Å²) in [6, 6.07) is 5.50. The summed E-state index contributed by atoms with van der Waals surface area (Å²) in [6.07, 6.45) is 11.0. The van der Waals surface area contributed by atoms with Crippen molar-refractivity contribution in [2.45, 2.75) is 78.1 Å². The maximum absolute atomic E-state index is 12.6. The number of carbonyl (C=O) groups is 1. The molecule has 1 unspecified atom stereocenters. The van der Waals surface area contributed by atoms with Gasteiger partial charge in [-0.25, -0.2) is 9.97 Å². The van der Waals surface area contributed by atoms with Crippen molar-refractivity contribution < 1.29 is 9.90 Å². The largest absolute Gasteiger partial charge is 0.508 e. The third-order valence-corrected chi connectivity index (χ3v) is 6.83. The zero-order valence-electron chi connectivity index (χ0n) is 18.2. The van der Waals surface area contributed by atoms with Crippen molar-refractivity contribution in [2.24, 2.45) is 11.8 Å². The van der Waals surface area contributed by atoms with Gasteiger partial charge in [-0.2, -0.15) is 0 Å². The Bertz CT molecular complexity index is 919. The lowest BCUT2D eigenvalue weighted by Crippen LogP contribution is -2.23. The van der Waals surface area contributed by atoms with Gasteiger partial charge in [-0.15, -0.1) is 0 Å². The first kappa shape index (κ1) is 20.8. The average Bonchev–Trinajstić information content (AvgIpc) is 2.77. The summed E-state index contributed by atoms with van der Waals surface area (Å²) in [5.74, 6) is 1.67. The number of nitrogens with zero attached hydrogens (tertiary/aromatic N) is 2. The number of fused-ring (bicyclic) bond motifs is 3. The minimum atomic E-state index is -0.0438. The predicted octanol–water partition coefficient (Wildman–Crippen LogP) is 5.45. The van der Waals surface area contributed by atoms with Crippen molar-refractivity contribution in [1.82, 2.24) is 9.97 Å². The van der Waals surface area contributed by atoms with E-state index in [9.17, 15) is 9.90 Å². The third kappa shape index (κ3) is 4.50. The molecule has 0 saturated heterocycles. The summed E-state index contributed by atoms with van der Waals surface area (Å²) in [6.45, 7) is 3.98. The Morgan fingerprint density at radius 2 is 2.00 bits per heavy atom. The van der Waals surface area contributed by atoms with E-state index in [1.165, 1.54) is 32.1 Å². The van der Waals surface area contributed by atoms with E-state index in [2.05, 4.69) is 5.32 Å². The highest BCUT2D eigenvalue weighted by atomic mass is 16.3. The molecule has 2 aromatic rings. The SMILES string of the molecule is CCC(C)C(=O)Nc1nc2c(nc1CCC1CCCCC1)-c1ccc(O)cc1CC2. The van der Waals surface area contributed by atoms with Crippen molar-refractivity contribution in [1.29, 1.82) is 0 Å². The molecule has 1 atom stereocenters. The molecule has 30 heavy (non-hydrogen) atoms. The van der Waals surface area contributed by atoms with Crippen molar-refractivity contribution in [2.75, 3.05) is 5.32 Å². The molecule has 0 spiro atoms. The summed E-state index contributed by atoms with van der Waals surface area (Å²) in [4.78, 5) is 22.5. The van der Waals surface area contributed by atoms with Crippen LogP contribution >= 0.6 is 0 Å². The zero-order chi connectivity index (χ0) is 21.1. The van der Waals surface area contributed by atoms with Crippen LogP contribution in [0.25, 0.3) is 11.3 Å². The van der Waals surface area contributed by atoms with Gasteiger partial charge < -0.3 is 10.4 Å². The molecule has 1 heterocycles. The van der Waals surface area contributed by atoms with Gasteiger partial charge in [0.2, 0.25) is 5.91 Å². The van der Waals surface area contributed by atoms with Crippen LogP contribution in [0.5, 0.6) is 5.75 Å². The molecule has 160 valence electrons. The van der Waals surface area contributed by atoms with Gasteiger partial charge in [0.15, 0.2) is 5.82 Å². The van der Waals surface area contributed by atoms with Gasteiger partial charge in [0.25, 0.3) is 0 Å². The van der Waals surface area contributed by atoms with Gasteiger partial charge in [-0.1, -0.05) is 46.0 Å². The number of aromatic nitrogens is 2. The minimum Gasteiger partial charge on any atom is -0.508 e. The number of anilines is 1. The summed E-state index contributed by atoms with van der Waals surface area (Å²) in [5, 5.41) is 12.9. The molecule has 1 amide bonds. The number of carbonyl (C=O) groups excluding carboxylic acids is 1. The van der Waals surface area contributed by atoms with E-state index >= 15 is 0 Å². The fraction of sp³-hybridized carbons (Fsp3) is 0.560. The van der Waals surface area contributed by atoms with Crippen LogP contribution in [0.3, 0.4) is 0 Å². The molecule has 1 aromatic heterocycles. The highest BCUT2D eigenvalue weighted by molar-refractivity contribution is 5.92. The van der Waals surface area contributed by atoms with Crippen molar-refractivity contribution >= 4 is 11.7 Å². The van der Waals surface area contributed by atoms with Crippen LogP contribution in [0.2, 0.25) is 0 Å². The van der Waals surface area contributed by atoms with Crippen LogP contribution in [-0.2, 0) is 24.1 Å². The molecule has 0 radical (unpaired) electrons. The van der Waals surface area contributed by atoms with Crippen LogP contribution in [0, 0.1) is 11.8 Å². The molecule has 5 nitrogen and oxygen atoms in total. The smallest absolute Gasteiger partial charge is 0.228 e. The Morgan fingerprint density at radius 1 is 1.20 bits per heavy atom. The van der Waals surface area contributed by atoms with E-state index in [1.807, 2.05) is 26.0 Å². The number of phenols is 1. The molecule has 5 heteroatoms. The van der Waals surface area contributed by atoms with E-state index in [0.717, 1.165) is 66.2 Å². The number of nitrogens with one attached hydrogen (secondary N) is 1. The van der Waals surface area contributed by atoms with Gasteiger partial charge in [0, 0.05) is 11.5 Å². The molecular weight excluding hydrogens is 374 g/mol. The van der Waals surface area contributed by atoms with Gasteiger partial charge in [0.05, 0.1) is 17.1 Å². The normalized spacial score (nSPS) is 17.1. The highest BCUT2D eigenvalue weighted by Gasteiger charge is 2.24. The van der Waals surface area contributed by atoms with Crippen LogP contribution in [-0.4, -0.2) is 21.0 Å². The third-order valence-electron chi connectivity index (χ3n) is 6.83. The van der Waals surface area contributed by atoms with Gasteiger partial charge in [-0.05, 0) is 61.8 Å². The maximum Gasteiger partial charge on any atom is 0.228 e. The van der Waals surface area contributed by atoms with Gasteiger partial charge in [0.1, 0.15) is 5.75 Å². The number of hydrogen-bond acceptors (Lipinski definition) is 4. The first-order valence-corrected chi connectivity index (χ1v) is 11.6. The topological polar surface area (TPSA) is 75.1 Å². The second-order valence-electron chi connectivity index (χ2n) is 9.00. The quantitative estimate of drug-likeness (QED) is 0.668. The average molecular weight is 408 g/mol. The Kier molecular flexibility index (Phi) is 6.35. The molecule has 2 aliphatic rings. The fourth-order valence-corrected chi connectivity index (χ4v) is 4.68. The van der Waals surface area contributed by atoms with Crippen LogP contribution in [0.15, 0.2) is 18.2 Å². The summed E-state index contributed by atoms with van der Waals surface area (Å²) in [7, 11) is 0. The molecule has 1 fully saturated rings. The monoisotopic (exact) mass is 407 g/mol. The van der Waals surface area contributed by atoms with Gasteiger partial charge >= 0.3 is 0 Å². The number of aryl methyl sites for hydroxylation is 3. The van der Waals surface area contributed by atoms with Gasteiger partial charge in [-0.3, -0.25) is 4.79 Å². The van der Waals surface area contributed by atoms with E-state index < -0.39 is 0 Å². The molecule has 1 aromatic carbocycles. The fourth-order valence-electron chi connectivity index (χ4n) is 4.68. The molecular formula is C25H33N3O2. The van der Waals surface area contributed by atoms with E-state index in [0.29, 0.717) is 11.6 Å². The molecule has 0 bridgehead atoms. The van der Waals surface area contributed by atoms with Crippen molar-refractivity contribution in [3.05, 3.63) is 35.2 Å². The van der Waals surface area contributed by atoms with Crippen LogP contribution < -0.4 is 5.32 Å². The lowest BCUT2D eigenvalue weighted by molar-refractivity contribution is -0.119. The Hall–Kier alpha value is -2.43.